The minimum atomic E-state index is 0.480. The Hall–Kier alpha value is -2.79. The van der Waals surface area contributed by atoms with E-state index in [1.54, 1.807) is 18.5 Å². The van der Waals surface area contributed by atoms with Crippen LogP contribution in [0.15, 0.2) is 67.0 Å². The molecule has 0 aliphatic carbocycles. The van der Waals surface area contributed by atoms with Crippen LogP contribution in [0.25, 0.3) is 0 Å². The highest BCUT2D eigenvalue weighted by Gasteiger charge is 2.22. The minimum absolute atomic E-state index is 0.480. The van der Waals surface area contributed by atoms with E-state index < -0.39 is 0 Å². The smallest absolute Gasteiger partial charge is 0.228 e. The Morgan fingerprint density at radius 3 is 2.67 bits per heavy atom. The second-order valence-corrected chi connectivity index (χ2v) is 7.02. The highest BCUT2D eigenvalue weighted by atomic mass is 15.1. The number of nitrogens with zero attached hydrogens (tertiary/aromatic N) is 4. The molecule has 1 aliphatic heterocycles. The lowest BCUT2D eigenvalue weighted by molar-refractivity contribution is 0.208. The van der Waals surface area contributed by atoms with Gasteiger partial charge in [-0.3, -0.25) is 0 Å². The van der Waals surface area contributed by atoms with Gasteiger partial charge >= 0.3 is 0 Å². The van der Waals surface area contributed by atoms with Crippen molar-refractivity contribution in [3.63, 3.8) is 0 Å². The first-order chi connectivity index (χ1) is 13.4. The van der Waals surface area contributed by atoms with Crippen molar-refractivity contribution in [3.05, 3.63) is 78.2 Å². The van der Waals surface area contributed by atoms with E-state index in [1.165, 1.54) is 24.9 Å². The second-order valence-electron chi connectivity index (χ2n) is 7.02. The van der Waals surface area contributed by atoms with Crippen LogP contribution >= 0.6 is 0 Å². The topological polar surface area (TPSA) is 53.9 Å². The molecule has 1 N–H and O–H groups in total. The molecule has 0 radical (unpaired) electrons. The van der Waals surface area contributed by atoms with Gasteiger partial charge in [0.1, 0.15) is 5.82 Å². The first-order valence-electron chi connectivity index (χ1n) is 9.64. The van der Waals surface area contributed by atoms with Gasteiger partial charge in [-0.15, -0.1) is 0 Å². The molecule has 0 bridgehead atoms. The zero-order valence-electron chi connectivity index (χ0n) is 15.5. The standard InChI is InChI=1S/C22H25N5/c1-2-7-18(8-3-1)12-16-27-15-5-9-19(17-27)20-10-4-11-21(25-20)26-22-23-13-6-14-24-22/h1-4,6-8,10-11,13-14,19H,5,9,12,15-17H2,(H,23,24,25,26)/t19-/m0/s1. The monoisotopic (exact) mass is 359 g/mol. The molecule has 5 nitrogen and oxygen atoms in total. The number of hydrogen-bond donors (Lipinski definition) is 1. The zero-order valence-corrected chi connectivity index (χ0v) is 15.5. The van der Waals surface area contributed by atoms with Crippen molar-refractivity contribution in [2.45, 2.75) is 25.2 Å². The molecular formula is C22H25N5. The third-order valence-electron chi connectivity index (χ3n) is 5.06. The van der Waals surface area contributed by atoms with E-state index in [9.17, 15) is 0 Å². The number of hydrogen-bond acceptors (Lipinski definition) is 5. The van der Waals surface area contributed by atoms with Crippen molar-refractivity contribution in [1.82, 2.24) is 19.9 Å². The molecule has 0 unspecified atom stereocenters. The lowest BCUT2D eigenvalue weighted by atomic mass is 9.94. The van der Waals surface area contributed by atoms with Gasteiger partial charge in [-0.1, -0.05) is 36.4 Å². The van der Waals surface area contributed by atoms with Crippen molar-refractivity contribution >= 4 is 11.8 Å². The van der Waals surface area contributed by atoms with E-state index in [1.807, 2.05) is 6.07 Å². The predicted molar refractivity (Wildman–Crippen MR) is 108 cm³/mol. The summed E-state index contributed by atoms with van der Waals surface area (Å²) in [4.78, 5) is 15.8. The van der Waals surface area contributed by atoms with E-state index in [2.05, 4.69) is 62.6 Å². The summed E-state index contributed by atoms with van der Waals surface area (Å²) in [5.41, 5.74) is 2.56. The molecule has 4 rings (SSSR count). The number of aromatic nitrogens is 3. The zero-order chi connectivity index (χ0) is 18.3. The van der Waals surface area contributed by atoms with Crippen LogP contribution in [-0.4, -0.2) is 39.5 Å². The summed E-state index contributed by atoms with van der Waals surface area (Å²) in [5.74, 6) is 1.86. The summed E-state index contributed by atoms with van der Waals surface area (Å²) in [6.45, 7) is 3.36. The summed E-state index contributed by atoms with van der Waals surface area (Å²) in [6.07, 6.45) is 6.98. The fraction of sp³-hybridized carbons (Fsp3) is 0.318. The summed E-state index contributed by atoms with van der Waals surface area (Å²) in [5, 5.41) is 3.19. The Morgan fingerprint density at radius 1 is 0.963 bits per heavy atom. The molecule has 138 valence electrons. The molecule has 1 atom stereocenters. The predicted octanol–water partition coefficient (Wildman–Crippen LogP) is 4.04. The third-order valence-corrected chi connectivity index (χ3v) is 5.06. The van der Waals surface area contributed by atoms with Crippen LogP contribution in [0.2, 0.25) is 0 Å². The van der Waals surface area contributed by atoms with Crippen molar-refractivity contribution < 1.29 is 0 Å². The van der Waals surface area contributed by atoms with E-state index in [0.717, 1.165) is 31.0 Å². The number of nitrogens with one attached hydrogen (secondary N) is 1. The summed E-state index contributed by atoms with van der Waals surface area (Å²) >= 11 is 0. The first kappa shape index (κ1) is 17.6. The summed E-state index contributed by atoms with van der Waals surface area (Å²) in [6, 6.07) is 18.7. The molecule has 5 heteroatoms. The SMILES string of the molecule is c1ccc(CCN2CCC[C@H](c3cccc(Nc4ncccn4)n3)C2)cc1. The number of anilines is 2. The van der Waals surface area contributed by atoms with Gasteiger partial charge in [0.05, 0.1) is 0 Å². The van der Waals surface area contributed by atoms with Crippen molar-refractivity contribution in [1.29, 1.82) is 0 Å². The number of benzene rings is 1. The van der Waals surface area contributed by atoms with Crippen LogP contribution in [0.5, 0.6) is 0 Å². The number of pyridine rings is 1. The van der Waals surface area contributed by atoms with Crippen LogP contribution in [0.3, 0.4) is 0 Å². The Labute approximate surface area is 160 Å². The molecule has 0 amide bonds. The lowest BCUT2D eigenvalue weighted by Crippen LogP contribution is -2.36. The maximum Gasteiger partial charge on any atom is 0.228 e. The van der Waals surface area contributed by atoms with Gasteiger partial charge in [-0.2, -0.15) is 0 Å². The van der Waals surface area contributed by atoms with Crippen LogP contribution in [-0.2, 0) is 6.42 Å². The van der Waals surface area contributed by atoms with Gasteiger partial charge in [0.2, 0.25) is 5.95 Å². The van der Waals surface area contributed by atoms with Gasteiger partial charge in [-0.25, -0.2) is 15.0 Å². The Balaban J connectivity index is 1.38. The quantitative estimate of drug-likeness (QED) is 0.720. The molecule has 3 heterocycles. The Bertz CT molecular complexity index is 838. The largest absolute Gasteiger partial charge is 0.309 e. The molecular weight excluding hydrogens is 334 g/mol. The van der Waals surface area contributed by atoms with Crippen LogP contribution < -0.4 is 5.32 Å². The van der Waals surface area contributed by atoms with Crippen LogP contribution in [0, 0.1) is 0 Å². The number of piperidine rings is 1. The maximum absolute atomic E-state index is 4.83. The van der Waals surface area contributed by atoms with Crippen LogP contribution in [0.1, 0.15) is 30.0 Å². The third kappa shape index (κ3) is 4.89. The van der Waals surface area contributed by atoms with E-state index >= 15 is 0 Å². The van der Waals surface area contributed by atoms with Crippen LogP contribution in [0.4, 0.5) is 11.8 Å². The number of rotatable bonds is 6. The van der Waals surface area contributed by atoms with Gasteiger partial charge in [0.25, 0.3) is 0 Å². The minimum Gasteiger partial charge on any atom is -0.309 e. The van der Waals surface area contributed by atoms with Gasteiger partial charge in [0.15, 0.2) is 0 Å². The maximum atomic E-state index is 4.83. The van der Waals surface area contributed by atoms with Crippen molar-refractivity contribution in [3.8, 4) is 0 Å². The van der Waals surface area contributed by atoms with E-state index in [0.29, 0.717) is 11.9 Å². The summed E-state index contributed by atoms with van der Waals surface area (Å²) in [7, 11) is 0. The molecule has 1 saturated heterocycles. The average molecular weight is 359 g/mol. The lowest BCUT2D eigenvalue weighted by Gasteiger charge is -2.32. The van der Waals surface area contributed by atoms with Gasteiger partial charge < -0.3 is 10.2 Å². The second kappa shape index (κ2) is 8.73. The fourth-order valence-electron chi connectivity index (χ4n) is 3.66. The normalized spacial score (nSPS) is 17.6. The van der Waals surface area contributed by atoms with Crippen molar-refractivity contribution in [2.75, 3.05) is 25.0 Å². The molecule has 0 saturated carbocycles. The highest BCUT2D eigenvalue weighted by molar-refractivity contribution is 5.47. The molecule has 1 aliphatic rings. The van der Waals surface area contributed by atoms with Crippen molar-refractivity contribution in [2.24, 2.45) is 0 Å². The van der Waals surface area contributed by atoms with Gasteiger partial charge in [0, 0.05) is 37.1 Å². The first-order valence-corrected chi connectivity index (χ1v) is 9.64. The molecule has 2 aromatic heterocycles. The Kier molecular flexibility index (Phi) is 5.70. The van der Waals surface area contributed by atoms with Gasteiger partial charge in [-0.05, 0) is 49.6 Å². The highest BCUT2D eigenvalue weighted by Crippen LogP contribution is 2.27. The average Bonchev–Trinajstić information content (AvgIpc) is 2.74. The molecule has 3 aromatic rings. The molecule has 1 fully saturated rings. The number of likely N-dealkylation sites (tertiary alicyclic amines) is 1. The van der Waals surface area contributed by atoms with E-state index in [4.69, 9.17) is 4.98 Å². The van der Waals surface area contributed by atoms with E-state index in [-0.39, 0.29) is 0 Å². The fourth-order valence-corrected chi connectivity index (χ4v) is 3.66. The molecule has 1 aromatic carbocycles. The Morgan fingerprint density at radius 2 is 1.81 bits per heavy atom. The molecule has 0 spiro atoms. The molecule has 27 heavy (non-hydrogen) atoms. The summed E-state index contributed by atoms with van der Waals surface area (Å²) < 4.78 is 0.